The van der Waals surface area contributed by atoms with E-state index in [-0.39, 0.29) is 12.5 Å². The number of hydrogen-bond donors (Lipinski definition) is 2. The summed E-state index contributed by atoms with van der Waals surface area (Å²) in [7, 11) is 0. The lowest BCUT2D eigenvalue weighted by molar-refractivity contribution is -0.114. The van der Waals surface area contributed by atoms with Crippen molar-refractivity contribution in [2.75, 3.05) is 17.2 Å². The molecule has 2 N–H and O–H groups in total. The van der Waals surface area contributed by atoms with Gasteiger partial charge in [-0.15, -0.1) is 0 Å². The van der Waals surface area contributed by atoms with Crippen LogP contribution in [-0.4, -0.2) is 12.5 Å². The summed E-state index contributed by atoms with van der Waals surface area (Å²) in [5, 5.41) is 7.17. The topological polar surface area (TPSA) is 41.1 Å². The summed E-state index contributed by atoms with van der Waals surface area (Å²) in [6.07, 6.45) is 0. The molecule has 7 heteroatoms. The Morgan fingerprint density at radius 1 is 0.952 bits per heavy atom. The fourth-order valence-electron chi connectivity index (χ4n) is 1.58. The molecule has 3 nitrogen and oxygen atoms in total. The van der Waals surface area contributed by atoms with E-state index in [1.165, 1.54) is 0 Å². The van der Waals surface area contributed by atoms with Crippen LogP contribution in [-0.2, 0) is 4.79 Å². The Hall–Kier alpha value is -1.13. The van der Waals surface area contributed by atoms with Crippen LogP contribution >= 0.6 is 46.4 Å². The van der Waals surface area contributed by atoms with Gasteiger partial charge in [0.1, 0.15) is 0 Å². The molecule has 2 aromatic rings. The van der Waals surface area contributed by atoms with Crippen LogP contribution in [0.2, 0.25) is 20.1 Å². The first kappa shape index (κ1) is 16.2. The van der Waals surface area contributed by atoms with Crippen LogP contribution in [0.25, 0.3) is 0 Å². The van der Waals surface area contributed by atoms with Crippen molar-refractivity contribution < 1.29 is 4.79 Å². The maximum atomic E-state index is 11.9. The van der Waals surface area contributed by atoms with E-state index in [0.29, 0.717) is 31.5 Å². The summed E-state index contributed by atoms with van der Waals surface area (Å²) in [6.45, 7) is 0.0564. The Labute approximate surface area is 142 Å². The van der Waals surface area contributed by atoms with E-state index in [1.54, 1.807) is 36.4 Å². The zero-order chi connectivity index (χ0) is 15.4. The van der Waals surface area contributed by atoms with Gasteiger partial charge in [-0.1, -0.05) is 52.5 Å². The van der Waals surface area contributed by atoms with Gasteiger partial charge >= 0.3 is 0 Å². The molecule has 0 saturated carbocycles. The van der Waals surface area contributed by atoms with Gasteiger partial charge in [0.05, 0.1) is 32.3 Å². The predicted molar refractivity (Wildman–Crippen MR) is 90.0 cm³/mol. The molecule has 21 heavy (non-hydrogen) atoms. The second-order valence-corrected chi connectivity index (χ2v) is 5.73. The van der Waals surface area contributed by atoms with Crippen LogP contribution in [0.3, 0.4) is 0 Å². The number of hydrogen-bond acceptors (Lipinski definition) is 2. The summed E-state index contributed by atoms with van der Waals surface area (Å²) in [6, 6.07) is 10.0. The molecule has 0 saturated heterocycles. The molecule has 0 aliphatic rings. The third kappa shape index (κ3) is 4.42. The fraction of sp³-hybridized carbons (Fsp3) is 0.0714. The van der Waals surface area contributed by atoms with Gasteiger partial charge in [-0.05, 0) is 30.3 Å². The SMILES string of the molecule is O=C(CNc1ccc(Cl)c(Cl)c1)Nc1cccc(Cl)c1Cl. The largest absolute Gasteiger partial charge is 0.376 e. The van der Waals surface area contributed by atoms with E-state index >= 15 is 0 Å². The van der Waals surface area contributed by atoms with E-state index in [9.17, 15) is 4.79 Å². The third-order valence-corrected chi connectivity index (χ3v) is 4.16. The highest BCUT2D eigenvalue weighted by atomic mass is 35.5. The van der Waals surface area contributed by atoms with E-state index in [2.05, 4.69) is 10.6 Å². The molecule has 0 aliphatic heterocycles. The summed E-state index contributed by atoms with van der Waals surface area (Å²) < 4.78 is 0. The summed E-state index contributed by atoms with van der Waals surface area (Å²) >= 11 is 23.6. The van der Waals surface area contributed by atoms with Crippen molar-refractivity contribution in [1.82, 2.24) is 0 Å². The minimum Gasteiger partial charge on any atom is -0.376 e. The molecular weight excluding hydrogens is 354 g/mol. The van der Waals surface area contributed by atoms with Crippen LogP contribution in [0.5, 0.6) is 0 Å². The number of nitrogens with one attached hydrogen (secondary N) is 2. The normalized spacial score (nSPS) is 10.3. The standard InChI is InChI=1S/C14H10Cl4N2O/c15-9-5-4-8(6-11(9)17)19-7-13(21)20-12-3-1-2-10(16)14(12)18/h1-6,19H,7H2,(H,20,21). The van der Waals surface area contributed by atoms with Crippen molar-refractivity contribution in [3.63, 3.8) is 0 Å². The highest BCUT2D eigenvalue weighted by Gasteiger charge is 2.08. The Balaban J connectivity index is 1.96. The van der Waals surface area contributed by atoms with Crippen LogP contribution in [0.4, 0.5) is 11.4 Å². The molecule has 0 fully saturated rings. The van der Waals surface area contributed by atoms with Crippen molar-refractivity contribution in [2.24, 2.45) is 0 Å². The number of carbonyl (C=O) groups excluding carboxylic acids is 1. The maximum absolute atomic E-state index is 11.9. The van der Waals surface area contributed by atoms with Gasteiger partial charge in [-0.3, -0.25) is 4.79 Å². The summed E-state index contributed by atoms with van der Waals surface area (Å²) in [5.74, 6) is -0.259. The molecule has 0 aliphatic carbocycles. The molecule has 0 atom stereocenters. The molecule has 110 valence electrons. The Kier molecular flexibility index (Phi) is 5.59. The van der Waals surface area contributed by atoms with Crippen LogP contribution in [0, 0.1) is 0 Å². The second kappa shape index (κ2) is 7.23. The molecule has 2 rings (SSSR count). The quantitative estimate of drug-likeness (QED) is 0.768. The Morgan fingerprint density at radius 3 is 2.43 bits per heavy atom. The van der Waals surface area contributed by atoms with Crippen molar-refractivity contribution in [2.45, 2.75) is 0 Å². The first-order valence-corrected chi connectivity index (χ1v) is 7.41. The number of halogens is 4. The average molecular weight is 364 g/mol. The van der Waals surface area contributed by atoms with Crippen molar-refractivity contribution in [1.29, 1.82) is 0 Å². The highest BCUT2D eigenvalue weighted by molar-refractivity contribution is 6.44. The Bertz CT molecular complexity index is 676. The second-order valence-electron chi connectivity index (χ2n) is 4.13. The fourth-order valence-corrected chi connectivity index (χ4v) is 2.23. The Morgan fingerprint density at radius 2 is 1.71 bits per heavy atom. The summed E-state index contributed by atoms with van der Waals surface area (Å²) in [4.78, 5) is 11.9. The van der Waals surface area contributed by atoms with E-state index in [4.69, 9.17) is 46.4 Å². The zero-order valence-electron chi connectivity index (χ0n) is 10.6. The van der Waals surface area contributed by atoms with Gasteiger partial charge in [0.15, 0.2) is 0 Å². The molecule has 0 aromatic heterocycles. The smallest absolute Gasteiger partial charge is 0.243 e. The van der Waals surface area contributed by atoms with Crippen LogP contribution in [0.15, 0.2) is 36.4 Å². The van der Waals surface area contributed by atoms with Gasteiger partial charge in [0, 0.05) is 5.69 Å². The predicted octanol–water partition coefficient (Wildman–Crippen LogP) is 5.35. The molecule has 0 heterocycles. The van der Waals surface area contributed by atoms with Gasteiger partial charge in [-0.25, -0.2) is 0 Å². The lowest BCUT2D eigenvalue weighted by Gasteiger charge is -2.10. The van der Waals surface area contributed by atoms with Gasteiger partial charge in [0.2, 0.25) is 5.91 Å². The monoisotopic (exact) mass is 362 g/mol. The molecule has 1 amide bonds. The van der Waals surface area contributed by atoms with E-state index in [0.717, 1.165) is 0 Å². The van der Waals surface area contributed by atoms with Gasteiger partial charge < -0.3 is 10.6 Å². The number of benzene rings is 2. The third-order valence-electron chi connectivity index (χ3n) is 2.60. The van der Waals surface area contributed by atoms with Crippen molar-refractivity contribution in [3.8, 4) is 0 Å². The maximum Gasteiger partial charge on any atom is 0.243 e. The molecular formula is C14H10Cl4N2O. The zero-order valence-corrected chi connectivity index (χ0v) is 13.6. The number of rotatable bonds is 4. The molecule has 2 aromatic carbocycles. The number of amides is 1. The molecule has 0 unspecified atom stereocenters. The summed E-state index contributed by atoms with van der Waals surface area (Å²) in [5.41, 5.74) is 1.15. The average Bonchev–Trinajstić information content (AvgIpc) is 2.45. The van der Waals surface area contributed by atoms with Gasteiger partial charge in [-0.2, -0.15) is 0 Å². The number of carbonyl (C=O) groups is 1. The lowest BCUT2D eigenvalue weighted by Crippen LogP contribution is -2.21. The highest BCUT2D eigenvalue weighted by Crippen LogP contribution is 2.29. The van der Waals surface area contributed by atoms with Crippen molar-refractivity contribution >= 4 is 63.7 Å². The van der Waals surface area contributed by atoms with Crippen molar-refractivity contribution in [3.05, 3.63) is 56.5 Å². The minimum absolute atomic E-state index is 0.0564. The van der Waals surface area contributed by atoms with E-state index < -0.39 is 0 Å². The lowest BCUT2D eigenvalue weighted by atomic mass is 10.3. The van der Waals surface area contributed by atoms with Crippen LogP contribution in [0.1, 0.15) is 0 Å². The first-order chi connectivity index (χ1) is 9.97. The van der Waals surface area contributed by atoms with Gasteiger partial charge in [0.25, 0.3) is 0 Å². The van der Waals surface area contributed by atoms with Crippen LogP contribution < -0.4 is 10.6 Å². The first-order valence-electron chi connectivity index (χ1n) is 5.90. The minimum atomic E-state index is -0.259. The molecule has 0 bridgehead atoms. The number of anilines is 2. The molecule has 0 spiro atoms. The van der Waals surface area contributed by atoms with E-state index in [1.807, 2.05) is 0 Å². The molecule has 0 radical (unpaired) electrons.